The monoisotopic (exact) mass is 255 g/mol. The number of benzene rings is 1. The zero-order chi connectivity index (χ0) is 12.2. The van der Waals surface area contributed by atoms with E-state index in [0.29, 0.717) is 0 Å². The van der Waals surface area contributed by atoms with Crippen molar-refractivity contribution in [3.05, 3.63) is 65.2 Å². The van der Waals surface area contributed by atoms with E-state index in [-0.39, 0.29) is 0 Å². The summed E-state index contributed by atoms with van der Waals surface area (Å²) in [4.78, 5) is 4.62. The predicted octanol–water partition coefficient (Wildman–Crippen LogP) is 3.36. The molecule has 3 nitrogen and oxygen atoms in total. The first-order valence-electron chi connectivity index (χ1n) is 5.78. The number of hydrogen-bond acceptors (Lipinski definition) is 3. The fraction of sp³-hybridized carbons (Fsp3) is 0.0714. The molecule has 0 aliphatic heterocycles. The van der Waals surface area contributed by atoms with Crippen molar-refractivity contribution >= 4 is 11.3 Å². The Kier molecular flexibility index (Phi) is 3.10. The molecule has 0 bridgehead atoms. The van der Waals surface area contributed by atoms with Crippen LogP contribution in [0.15, 0.2) is 60.2 Å². The maximum atomic E-state index is 4.62. The second-order valence-corrected chi connectivity index (χ2v) is 4.86. The Hall–Kier alpha value is -2.07. The summed E-state index contributed by atoms with van der Waals surface area (Å²) in [6, 6.07) is 14.2. The van der Waals surface area contributed by atoms with Gasteiger partial charge in [-0.25, -0.2) is 4.98 Å². The van der Waals surface area contributed by atoms with Crippen LogP contribution in [-0.2, 0) is 6.54 Å². The van der Waals surface area contributed by atoms with Crippen LogP contribution >= 0.6 is 11.3 Å². The van der Waals surface area contributed by atoms with Crippen LogP contribution in [0.5, 0.6) is 0 Å². The molecule has 0 saturated heterocycles. The molecule has 0 spiro atoms. The van der Waals surface area contributed by atoms with E-state index < -0.39 is 0 Å². The largest absolute Gasteiger partial charge is 0.320 e. The minimum absolute atomic E-state index is 0.742. The SMILES string of the molecule is c1ccc(-c2csc(CNn3cccc3)n2)cc1. The molecule has 0 saturated carbocycles. The first-order valence-corrected chi connectivity index (χ1v) is 6.66. The molecular weight excluding hydrogens is 242 g/mol. The Labute approximate surface area is 110 Å². The van der Waals surface area contributed by atoms with Crippen molar-refractivity contribution in [2.24, 2.45) is 0 Å². The number of nitrogens with zero attached hydrogens (tertiary/aromatic N) is 2. The quantitative estimate of drug-likeness (QED) is 0.774. The molecule has 0 aliphatic carbocycles. The lowest BCUT2D eigenvalue weighted by molar-refractivity contribution is 0.842. The van der Waals surface area contributed by atoms with Gasteiger partial charge in [0.1, 0.15) is 5.01 Å². The van der Waals surface area contributed by atoms with Crippen molar-refractivity contribution in [2.75, 3.05) is 5.43 Å². The Balaban J connectivity index is 1.70. The van der Waals surface area contributed by atoms with Gasteiger partial charge in [0.2, 0.25) is 0 Å². The zero-order valence-electron chi connectivity index (χ0n) is 9.78. The van der Waals surface area contributed by atoms with Gasteiger partial charge in [-0.3, -0.25) is 4.68 Å². The third kappa shape index (κ3) is 2.43. The Morgan fingerprint density at radius 1 is 1.06 bits per heavy atom. The molecule has 3 rings (SSSR count). The lowest BCUT2D eigenvalue weighted by atomic mass is 10.2. The highest BCUT2D eigenvalue weighted by Gasteiger charge is 2.03. The summed E-state index contributed by atoms with van der Waals surface area (Å²) in [5, 5.41) is 3.18. The van der Waals surface area contributed by atoms with E-state index in [9.17, 15) is 0 Å². The molecule has 0 fully saturated rings. The van der Waals surface area contributed by atoms with Crippen molar-refractivity contribution in [3.8, 4) is 11.3 Å². The maximum Gasteiger partial charge on any atom is 0.114 e. The maximum absolute atomic E-state index is 4.62. The summed E-state index contributed by atoms with van der Waals surface area (Å²) >= 11 is 1.68. The van der Waals surface area contributed by atoms with Crippen LogP contribution < -0.4 is 5.43 Å². The van der Waals surface area contributed by atoms with Crippen LogP contribution in [0.4, 0.5) is 0 Å². The molecule has 0 radical (unpaired) electrons. The van der Waals surface area contributed by atoms with Crippen LogP contribution in [0.25, 0.3) is 11.3 Å². The van der Waals surface area contributed by atoms with Crippen molar-refractivity contribution in [1.82, 2.24) is 9.66 Å². The normalized spacial score (nSPS) is 10.4. The number of thiazole rings is 1. The Morgan fingerprint density at radius 2 is 1.83 bits per heavy atom. The van der Waals surface area contributed by atoms with E-state index >= 15 is 0 Å². The molecule has 1 aromatic carbocycles. The summed E-state index contributed by atoms with van der Waals surface area (Å²) in [6.45, 7) is 0.742. The van der Waals surface area contributed by atoms with Crippen LogP contribution in [0.2, 0.25) is 0 Å². The highest BCUT2D eigenvalue weighted by Crippen LogP contribution is 2.21. The van der Waals surface area contributed by atoms with Crippen LogP contribution in [0, 0.1) is 0 Å². The van der Waals surface area contributed by atoms with Gasteiger partial charge in [0, 0.05) is 23.3 Å². The fourth-order valence-corrected chi connectivity index (χ4v) is 2.47. The van der Waals surface area contributed by atoms with Crippen molar-refractivity contribution in [2.45, 2.75) is 6.54 Å². The minimum Gasteiger partial charge on any atom is -0.320 e. The first-order chi connectivity index (χ1) is 8.92. The molecule has 0 aliphatic rings. The smallest absolute Gasteiger partial charge is 0.114 e. The standard InChI is InChI=1S/C14H13N3S/c1-2-6-12(7-3-1)13-11-18-14(16-13)10-15-17-8-4-5-9-17/h1-9,11,15H,10H2. The van der Waals surface area contributed by atoms with Crippen LogP contribution in [0.3, 0.4) is 0 Å². The summed E-state index contributed by atoms with van der Waals surface area (Å²) in [7, 11) is 0. The van der Waals surface area contributed by atoms with Crippen LogP contribution in [-0.4, -0.2) is 9.66 Å². The topological polar surface area (TPSA) is 29.9 Å². The zero-order valence-corrected chi connectivity index (χ0v) is 10.6. The molecule has 90 valence electrons. The van der Waals surface area contributed by atoms with E-state index in [4.69, 9.17) is 0 Å². The van der Waals surface area contributed by atoms with Gasteiger partial charge in [-0.2, -0.15) is 0 Å². The molecule has 2 aromatic heterocycles. The molecule has 1 N–H and O–H groups in total. The molecule has 0 unspecified atom stereocenters. The van der Waals surface area contributed by atoms with Gasteiger partial charge in [0.05, 0.1) is 12.2 Å². The van der Waals surface area contributed by atoms with E-state index in [1.54, 1.807) is 11.3 Å². The van der Waals surface area contributed by atoms with Gasteiger partial charge < -0.3 is 5.43 Å². The third-order valence-electron chi connectivity index (χ3n) is 2.64. The highest BCUT2D eigenvalue weighted by molar-refractivity contribution is 7.09. The average molecular weight is 255 g/mol. The average Bonchev–Trinajstić information content (AvgIpc) is 3.09. The summed E-state index contributed by atoms with van der Waals surface area (Å²) in [5.74, 6) is 0. The predicted molar refractivity (Wildman–Crippen MR) is 75.0 cm³/mol. The highest BCUT2D eigenvalue weighted by atomic mass is 32.1. The van der Waals surface area contributed by atoms with Gasteiger partial charge in [-0.1, -0.05) is 30.3 Å². The van der Waals surface area contributed by atoms with E-state index in [1.165, 1.54) is 5.56 Å². The van der Waals surface area contributed by atoms with Crippen molar-refractivity contribution in [1.29, 1.82) is 0 Å². The van der Waals surface area contributed by atoms with Crippen LogP contribution in [0.1, 0.15) is 5.01 Å². The molecule has 0 amide bonds. The van der Waals surface area contributed by atoms with Crippen molar-refractivity contribution in [3.63, 3.8) is 0 Å². The number of hydrogen-bond donors (Lipinski definition) is 1. The Morgan fingerprint density at radius 3 is 2.61 bits per heavy atom. The molecular formula is C14H13N3S. The van der Waals surface area contributed by atoms with Gasteiger partial charge >= 0.3 is 0 Å². The second-order valence-electron chi connectivity index (χ2n) is 3.92. The van der Waals surface area contributed by atoms with Gasteiger partial charge in [-0.15, -0.1) is 11.3 Å². The molecule has 4 heteroatoms. The molecule has 3 aromatic rings. The lowest BCUT2D eigenvalue weighted by Gasteiger charge is -2.04. The van der Waals surface area contributed by atoms with E-state index in [2.05, 4.69) is 27.9 Å². The molecule has 2 heterocycles. The number of aromatic nitrogens is 2. The number of rotatable bonds is 4. The third-order valence-corrected chi connectivity index (χ3v) is 3.49. The number of nitrogens with one attached hydrogen (secondary N) is 1. The van der Waals surface area contributed by atoms with Crippen molar-refractivity contribution < 1.29 is 0 Å². The summed E-state index contributed by atoms with van der Waals surface area (Å²) in [5.41, 5.74) is 5.48. The fourth-order valence-electron chi connectivity index (χ4n) is 1.73. The summed E-state index contributed by atoms with van der Waals surface area (Å²) in [6.07, 6.45) is 3.96. The van der Waals surface area contributed by atoms with Gasteiger partial charge in [0.15, 0.2) is 0 Å². The Bertz CT molecular complexity index is 599. The molecule has 0 atom stereocenters. The second kappa shape index (κ2) is 5.06. The minimum atomic E-state index is 0.742. The first kappa shape index (κ1) is 11.0. The molecule has 18 heavy (non-hydrogen) atoms. The van der Waals surface area contributed by atoms with E-state index in [1.807, 2.05) is 47.4 Å². The lowest BCUT2D eigenvalue weighted by Crippen LogP contribution is -2.11. The summed E-state index contributed by atoms with van der Waals surface area (Å²) < 4.78 is 1.93. The van der Waals surface area contributed by atoms with E-state index in [0.717, 1.165) is 17.2 Å². The van der Waals surface area contributed by atoms with Gasteiger partial charge in [-0.05, 0) is 12.1 Å². The van der Waals surface area contributed by atoms with Gasteiger partial charge in [0.25, 0.3) is 0 Å².